The lowest BCUT2D eigenvalue weighted by Crippen LogP contribution is -2.36. The molecule has 1 saturated heterocycles. The molecular weight excluding hydrogens is 616 g/mol. The van der Waals surface area contributed by atoms with E-state index in [0.717, 1.165) is 32.4 Å². The number of nitrogens with zero attached hydrogens (tertiary/aromatic N) is 7. The highest BCUT2D eigenvalue weighted by Gasteiger charge is 2.32. The van der Waals surface area contributed by atoms with Crippen LogP contribution in [0.25, 0.3) is 45.4 Å². The molecule has 0 saturated carbocycles. The van der Waals surface area contributed by atoms with Crippen molar-refractivity contribution in [1.29, 1.82) is 5.41 Å². The number of rotatable bonds is 8. The van der Waals surface area contributed by atoms with Crippen molar-refractivity contribution in [2.24, 2.45) is 7.05 Å². The standard InChI is InChI=1S/C33H32F4N8S/c1-21-27(46-32(40-21)24-9-15-39-16-10-24)13-19-45-28(38)8-7-26(41-45)29-30(22-3-5-25(34)6-4-22)42-43(2)31(29)23-11-17-44(18-12-23)20-14-33(35,36)37/h3-10,13,15-16,19,23,38H,11-12,14,17-18,20H2,1-2H3/b19-13+,38-28?. The first-order valence-corrected chi connectivity index (χ1v) is 15.7. The molecular formula is C33H32F4N8S. The van der Waals surface area contributed by atoms with E-state index in [1.807, 2.05) is 41.8 Å². The lowest BCUT2D eigenvalue weighted by Gasteiger charge is -2.32. The number of nitrogens with one attached hydrogen (secondary N) is 1. The second-order valence-corrected chi connectivity index (χ2v) is 12.3. The van der Waals surface area contributed by atoms with Crippen LogP contribution in [0.2, 0.25) is 0 Å². The van der Waals surface area contributed by atoms with E-state index in [0.29, 0.717) is 42.9 Å². The molecule has 6 rings (SSSR count). The summed E-state index contributed by atoms with van der Waals surface area (Å²) in [4.78, 5) is 11.5. The number of pyridine rings is 1. The van der Waals surface area contributed by atoms with Crippen molar-refractivity contribution in [3.63, 3.8) is 0 Å². The Labute approximate surface area is 267 Å². The third-order valence-corrected chi connectivity index (χ3v) is 9.31. The van der Waals surface area contributed by atoms with Gasteiger partial charge in [0.2, 0.25) is 0 Å². The Morgan fingerprint density at radius 2 is 1.70 bits per heavy atom. The van der Waals surface area contributed by atoms with Gasteiger partial charge in [-0.05, 0) is 87.5 Å². The molecule has 8 nitrogen and oxygen atoms in total. The fraction of sp³-hybridized carbons (Fsp3) is 0.303. The van der Waals surface area contributed by atoms with Gasteiger partial charge < -0.3 is 4.90 Å². The molecule has 0 spiro atoms. The van der Waals surface area contributed by atoms with E-state index in [4.69, 9.17) is 20.6 Å². The summed E-state index contributed by atoms with van der Waals surface area (Å²) in [7, 11) is 1.85. The van der Waals surface area contributed by atoms with Crippen molar-refractivity contribution < 1.29 is 17.6 Å². The van der Waals surface area contributed by atoms with E-state index >= 15 is 0 Å². The molecule has 0 radical (unpaired) electrons. The molecule has 13 heteroatoms. The fourth-order valence-corrected chi connectivity index (χ4v) is 6.75. The van der Waals surface area contributed by atoms with Crippen molar-refractivity contribution in [1.82, 2.24) is 34.4 Å². The molecule has 1 N–H and O–H groups in total. The van der Waals surface area contributed by atoms with Gasteiger partial charge in [0.05, 0.1) is 33.9 Å². The maximum atomic E-state index is 13.9. The topological polar surface area (TPSA) is 88.5 Å². The molecule has 0 bridgehead atoms. The smallest absolute Gasteiger partial charge is 0.303 e. The highest BCUT2D eigenvalue weighted by molar-refractivity contribution is 7.16. The molecule has 4 aromatic heterocycles. The minimum absolute atomic E-state index is 0.0164. The monoisotopic (exact) mass is 648 g/mol. The molecule has 5 heterocycles. The fourth-order valence-electron chi connectivity index (χ4n) is 5.79. The van der Waals surface area contributed by atoms with Crippen LogP contribution in [-0.4, -0.2) is 60.2 Å². The van der Waals surface area contributed by atoms with Gasteiger partial charge in [-0.1, -0.05) is 0 Å². The van der Waals surface area contributed by atoms with E-state index in [2.05, 4.69) is 4.98 Å². The van der Waals surface area contributed by atoms with Gasteiger partial charge in [0.1, 0.15) is 22.0 Å². The van der Waals surface area contributed by atoms with Crippen molar-refractivity contribution in [2.75, 3.05) is 19.6 Å². The maximum Gasteiger partial charge on any atom is 0.390 e. The van der Waals surface area contributed by atoms with Gasteiger partial charge in [-0.15, -0.1) is 11.3 Å². The lowest BCUT2D eigenvalue weighted by molar-refractivity contribution is -0.138. The normalized spacial score (nSPS) is 14.8. The zero-order valence-electron chi connectivity index (χ0n) is 25.3. The SMILES string of the molecule is Cc1nc(-c2ccncc2)sc1/C=C/n1nc(-c2c(-c3ccc(F)cc3)nn(C)c2C2CCN(CCC(F)(F)F)CC2)ccc1=N. The summed E-state index contributed by atoms with van der Waals surface area (Å²) >= 11 is 1.53. The number of aromatic nitrogens is 6. The summed E-state index contributed by atoms with van der Waals surface area (Å²) in [6.07, 6.45) is 3.38. The average molecular weight is 649 g/mol. The predicted molar refractivity (Wildman–Crippen MR) is 170 cm³/mol. The van der Waals surface area contributed by atoms with Gasteiger partial charge in [0.15, 0.2) is 0 Å². The zero-order chi connectivity index (χ0) is 32.4. The summed E-state index contributed by atoms with van der Waals surface area (Å²) in [5.74, 6) is -0.338. The zero-order valence-corrected chi connectivity index (χ0v) is 26.1. The molecule has 0 unspecified atom stereocenters. The molecule has 5 aromatic rings. The summed E-state index contributed by atoms with van der Waals surface area (Å²) in [6.45, 7) is 2.99. The molecule has 0 amide bonds. The second-order valence-electron chi connectivity index (χ2n) is 11.3. The van der Waals surface area contributed by atoms with Gasteiger partial charge in [-0.2, -0.15) is 23.4 Å². The van der Waals surface area contributed by atoms with E-state index < -0.39 is 12.6 Å². The van der Waals surface area contributed by atoms with E-state index in [-0.39, 0.29) is 23.8 Å². The number of thiazole rings is 1. The van der Waals surface area contributed by atoms with Gasteiger partial charge in [-0.3, -0.25) is 15.1 Å². The van der Waals surface area contributed by atoms with Crippen molar-refractivity contribution in [2.45, 2.75) is 38.3 Å². The number of benzene rings is 1. The lowest BCUT2D eigenvalue weighted by atomic mass is 9.88. The van der Waals surface area contributed by atoms with Crippen LogP contribution in [0.1, 0.15) is 41.4 Å². The van der Waals surface area contributed by atoms with Crippen LogP contribution in [0.4, 0.5) is 17.6 Å². The van der Waals surface area contributed by atoms with Crippen LogP contribution in [0, 0.1) is 18.2 Å². The Balaban J connectivity index is 1.35. The first-order valence-electron chi connectivity index (χ1n) is 14.9. The highest BCUT2D eigenvalue weighted by atomic mass is 32.1. The number of aryl methyl sites for hydroxylation is 2. The molecule has 0 atom stereocenters. The Kier molecular flexibility index (Phi) is 8.96. The van der Waals surface area contributed by atoms with Crippen LogP contribution in [0.15, 0.2) is 60.9 Å². The number of likely N-dealkylation sites (tertiary alicyclic amines) is 1. The number of alkyl halides is 3. The number of piperidine rings is 1. The Bertz CT molecular complexity index is 1900. The molecule has 1 aliphatic rings. The molecule has 1 aromatic carbocycles. The molecule has 238 valence electrons. The Hall–Kier alpha value is -4.49. The third-order valence-electron chi connectivity index (χ3n) is 8.14. The van der Waals surface area contributed by atoms with E-state index in [1.165, 1.54) is 28.2 Å². The minimum atomic E-state index is -4.18. The van der Waals surface area contributed by atoms with Crippen LogP contribution in [-0.2, 0) is 7.05 Å². The summed E-state index contributed by atoms with van der Waals surface area (Å²) in [5.41, 5.74) is 5.59. The van der Waals surface area contributed by atoms with Crippen LogP contribution >= 0.6 is 11.3 Å². The first-order chi connectivity index (χ1) is 22.1. The van der Waals surface area contributed by atoms with Crippen molar-refractivity contribution >= 4 is 23.6 Å². The molecule has 1 aliphatic heterocycles. The first kappa shape index (κ1) is 31.5. The molecule has 46 heavy (non-hydrogen) atoms. The summed E-state index contributed by atoms with van der Waals surface area (Å²) in [5, 5.41) is 19.1. The highest BCUT2D eigenvalue weighted by Crippen LogP contribution is 2.40. The maximum absolute atomic E-state index is 13.9. The number of halogens is 4. The largest absolute Gasteiger partial charge is 0.390 e. The van der Waals surface area contributed by atoms with Crippen LogP contribution < -0.4 is 5.49 Å². The Morgan fingerprint density at radius 3 is 2.39 bits per heavy atom. The van der Waals surface area contributed by atoms with Gasteiger partial charge in [0, 0.05) is 49.2 Å². The number of hydrogen-bond acceptors (Lipinski definition) is 7. The van der Waals surface area contributed by atoms with Crippen molar-refractivity contribution in [3.8, 4) is 33.1 Å². The van der Waals surface area contributed by atoms with Gasteiger partial charge in [0.25, 0.3) is 0 Å². The van der Waals surface area contributed by atoms with Gasteiger partial charge >= 0.3 is 6.18 Å². The molecule has 1 fully saturated rings. The summed E-state index contributed by atoms with van der Waals surface area (Å²) < 4.78 is 55.7. The molecule has 0 aliphatic carbocycles. The van der Waals surface area contributed by atoms with E-state index in [1.54, 1.807) is 42.9 Å². The Morgan fingerprint density at radius 1 is 0.978 bits per heavy atom. The van der Waals surface area contributed by atoms with Crippen molar-refractivity contribution in [3.05, 3.63) is 88.5 Å². The average Bonchev–Trinajstić information content (AvgIpc) is 3.59. The predicted octanol–water partition coefficient (Wildman–Crippen LogP) is 7.16. The minimum Gasteiger partial charge on any atom is -0.303 e. The summed E-state index contributed by atoms with van der Waals surface area (Å²) in [6, 6.07) is 13.4. The third kappa shape index (κ3) is 7.00. The van der Waals surface area contributed by atoms with Crippen LogP contribution in [0.5, 0.6) is 0 Å². The van der Waals surface area contributed by atoms with Crippen LogP contribution in [0.3, 0.4) is 0 Å². The quantitative estimate of drug-likeness (QED) is 0.181. The van der Waals surface area contributed by atoms with Gasteiger partial charge in [-0.25, -0.2) is 14.1 Å². The number of hydrogen-bond donors (Lipinski definition) is 1. The van der Waals surface area contributed by atoms with E-state index in [9.17, 15) is 17.6 Å². The second kappa shape index (κ2) is 13.1.